The number of nitrogens with two attached hydrogens (primary N) is 1. The Balaban J connectivity index is 2.53. The summed E-state index contributed by atoms with van der Waals surface area (Å²) in [5, 5.41) is 0. The number of rotatable bonds is 3. The van der Waals surface area contributed by atoms with E-state index in [1.54, 1.807) is 13.3 Å². The fourth-order valence-corrected chi connectivity index (χ4v) is 1.72. The van der Waals surface area contributed by atoms with E-state index in [0.29, 0.717) is 6.54 Å². The average Bonchev–Trinajstić information content (AvgIpc) is 2.74. The molecule has 0 aliphatic carbocycles. The lowest BCUT2D eigenvalue weighted by Gasteiger charge is -2.11. The minimum absolute atomic E-state index is 0.476. The number of aryl methyl sites for hydroxylation is 1. The first-order chi connectivity index (χ1) is 7.76. The van der Waals surface area contributed by atoms with Gasteiger partial charge < -0.3 is 15.0 Å². The standard InChI is InChI=1S/C12H15N3O/c1-9-14-5-6-15(9)12-4-3-11(16-2)7-10(12)8-13/h3-7H,8,13H2,1-2H3. The smallest absolute Gasteiger partial charge is 0.119 e. The second-order valence-electron chi connectivity index (χ2n) is 3.54. The van der Waals surface area contributed by atoms with Gasteiger partial charge in [-0.2, -0.15) is 0 Å². The molecule has 16 heavy (non-hydrogen) atoms. The van der Waals surface area contributed by atoms with Gasteiger partial charge in [0.1, 0.15) is 11.6 Å². The Kier molecular flexibility index (Phi) is 2.92. The zero-order valence-corrected chi connectivity index (χ0v) is 9.47. The van der Waals surface area contributed by atoms with Gasteiger partial charge in [0.2, 0.25) is 0 Å². The number of aromatic nitrogens is 2. The molecule has 0 spiro atoms. The van der Waals surface area contributed by atoms with E-state index in [9.17, 15) is 0 Å². The van der Waals surface area contributed by atoms with Crippen molar-refractivity contribution in [2.24, 2.45) is 5.73 Å². The maximum Gasteiger partial charge on any atom is 0.119 e. The second kappa shape index (κ2) is 4.37. The maximum atomic E-state index is 5.74. The molecule has 2 aromatic rings. The zero-order valence-electron chi connectivity index (χ0n) is 9.47. The van der Waals surface area contributed by atoms with Crippen molar-refractivity contribution >= 4 is 0 Å². The van der Waals surface area contributed by atoms with Crippen LogP contribution in [0, 0.1) is 6.92 Å². The lowest BCUT2D eigenvalue weighted by atomic mass is 10.1. The quantitative estimate of drug-likeness (QED) is 0.850. The van der Waals surface area contributed by atoms with Gasteiger partial charge in [0, 0.05) is 18.9 Å². The van der Waals surface area contributed by atoms with E-state index in [0.717, 1.165) is 22.8 Å². The van der Waals surface area contributed by atoms with Crippen LogP contribution in [0.25, 0.3) is 5.69 Å². The van der Waals surface area contributed by atoms with Crippen molar-refractivity contribution in [1.82, 2.24) is 9.55 Å². The summed E-state index contributed by atoms with van der Waals surface area (Å²) in [5.74, 6) is 1.77. The molecule has 84 valence electrons. The lowest BCUT2D eigenvalue weighted by molar-refractivity contribution is 0.414. The third kappa shape index (κ3) is 1.79. The number of methoxy groups -OCH3 is 1. The Morgan fingerprint density at radius 2 is 2.25 bits per heavy atom. The van der Waals surface area contributed by atoms with Gasteiger partial charge >= 0.3 is 0 Å². The van der Waals surface area contributed by atoms with E-state index in [2.05, 4.69) is 4.98 Å². The SMILES string of the molecule is COc1ccc(-n2ccnc2C)c(CN)c1. The van der Waals surface area contributed by atoms with E-state index >= 15 is 0 Å². The van der Waals surface area contributed by atoms with Crippen LogP contribution in [0.15, 0.2) is 30.6 Å². The largest absolute Gasteiger partial charge is 0.497 e. The van der Waals surface area contributed by atoms with Crippen LogP contribution in [0.2, 0.25) is 0 Å². The third-order valence-electron chi connectivity index (χ3n) is 2.59. The number of ether oxygens (including phenoxy) is 1. The summed E-state index contributed by atoms with van der Waals surface area (Å²) in [6.45, 7) is 2.44. The van der Waals surface area contributed by atoms with Gasteiger partial charge in [-0.1, -0.05) is 0 Å². The van der Waals surface area contributed by atoms with Gasteiger partial charge in [-0.3, -0.25) is 0 Å². The van der Waals surface area contributed by atoms with Crippen LogP contribution in [0.4, 0.5) is 0 Å². The Morgan fingerprint density at radius 1 is 1.44 bits per heavy atom. The fourth-order valence-electron chi connectivity index (χ4n) is 1.72. The number of imidazole rings is 1. The van der Waals surface area contributed by atoms with Crippen molar-refractivity contribution in [3.63, 3.8) is 0 Å². The molecule has 2 rings (SSSR count). The number of hydrogen-bond acceptors (Lipinski definition) is 3. The van der Waals surface area contributed by atoms with Crippen molar-refractivity contribution < 1.29 is 4.74 Å². The molecule has 1 aromatic heterocycles. The predicted octanol–water partition coefficient (Wildman–Crippen LogP) is 1.65. The molecule has 0 saturated carbocycles. The first kappa shape index (κ1) is 10.7. The van der Waals surface area contributed by atoms with Crippen molar-refractivity contribution in [2.75, 3.05) is 7.11 Å². The van der Waals surface area contributed by atoms with Gasteiger partial charge in [0.05, 0.1) is 12.8 Å². The molecule has 4 heteroatoms. The summed E-state index contributed by atoms with van der Waals surface area (Å²) >= 11 is 0. The van der Waals surface area contributed by atoms with Crippen molar-refractivity contribution in [1.29, 1.82) is 0 Å². The van der Waals surface area contributed by atoms with Gasteiger partial charge in [0.25, 0.3) is 0 Å². The van der Waals surface area contributed by atoms with Crippen LogP contribution in [0.3, 0.4) is 0 Å². The van der Waals surface area contributed by atoms with E-state index < -0.39 is 0 Å². The van der Waals surface area contributed by atoms with Crippen LogP contribution in [-0.2, 0) is 6.54 Å². The first-order valence-corrected chi connectivity index (χ1v) is 5.13. The van der Waals surface area contributed by atoms with Gasteiger partial charge in [-0.15, -0.1) is 0 Å². The molecule has 4 nitrogen and oxygen atoms in total. The summed E-state index contributed by atoms with van der Waals surface area (Å²) in [4.78, 5) is 4.20. The normalized spacial score (nSPS) is 10.4. The molecular formula is C12H15N3O. The number of benzene rings is 1. The Labute approximate surface area is 94.7 Å². The molecule has 0 saturated heterocycles. The Hall–Kier alpha value is -1.81. The van der Waals surface area contributed by atoms with Crippen molar-refractivity contribution in [3.05, 3.63) is 42.0 Å². The minimum Gasteiger partial charge on any atom is -0.497 e. The molecule has 1 aromatic carbocycles. The van der Waals surface area contributed by atoms with Crippen LogP contribution >= 0.6 is 0 Å². The average molecular weight is 217 g/mol. The molecule has 0 aliphatic heterocycles. The third-order valence-corrected chi connectivity index (χ3v) is 2.59. The first-order valence-electron chi connectivity index (χ1n) is 5.13. The summed E-state index contributed by atoms with van der Waals surface area (Å²) < 4.78 is 7.19. The van der Waals surface area contributed by atoms with Crippen LogP contribution in [0.5, 0.6) is 5.75 Å². The summed E-state index contributed by atoms with van der Waals surface area (Å²) in [7, 11) is 1.65. The topological polar surface area (TPSA) is 53.1 Å². The van der Waals surface area contributed by atoms with E-state index in [1.165, 1.54) is 0 Å². The minimum atomic E-state index is 0.476. The van der Waals surface area contributed by atoms with Crippen molar-refractivity contribution in [2.45, 2.75) is 13.5 Å². The fraction of sp³-hybridized carbons (Fsp3) is 0.250. The summed E-state index contributed by atoms with van der Waals surface area (Å²) in [6, 6.07) is 5.87. The zero-order chi connectivity index (χ0) is 11.5. The predicted molar refractivity (Wildman–Crippen MR) is 62.7 cm³/mol. The van der Waals surface area contributed by atoms with Gasteiger partial charge in [-0.25, -0.2) is 4.98 Å². The van der Waals surface area contributed by atoms with E-state index in [-0.39, 0.29) is 0 Å². The summed E-state index contributed by atoms with van der Waals surface area (Å²) in [5.41, 5.74) is 7.84. The molecule has 0 fully saturated rings. The Morgan fingerprint density at radius 3 is 2.81 bits per heavy atom. The molecule has 0 amide bonds. The van der Waals surface area contributed by atoms with Crippen LogP contribution < -0.4 is 10.5 Å². The molecule has 2 N–H and O–H groups in total. The summed E-state index contributed by atoms with van der Waals surface area (Å²) in [6.07, 6.45) is 3.70. The molecule has 0 bridgehead atoms. The molecule has 0 aliphatic rings. The highest BCUT2D eigenvalue weighted by atomic mass is 16.5. The molecule has 0 atom stereocenters. The van der Waals surface area contributed by atoms with Gasteiger partial charge in [0.15, 0.2) is 0 Å². The van der Waals surface area contributed by atoms with Crippen LogP contribution in [-0.4, -0.2) is 16.7 Å². The second-order valence-corrected chi connectivity index (χ2v) is 3.54. The molecule has 0 radical (unpaired) electrons. The van der Waals surface area contributed by atoms with Crippen molar-refractivity contribution in [3.8, 4) is 11.4 Å². The van der Waals surface area contributed by atoms with Gasteiger partial charge in [-0.05, 0) is 30.7 Å². The van der Waals surface area contributed by atoms with E-state index in [1.807, 2.05) is 35.9 Å². The maximum absolute atomic E-state index is 5.74. The molecular weight excluding hydrogens is 202 g/mol. The van der Waals surface area contributed by atoms with E-state index in [4.69, 9.17) is 10.5 Å². The monoisotopic (exact) mass is 217 g/mol. The Bertz CT molecular complexity index is 491. The molecule has 0 unspecified atom stereocenters. The lowest BCUT2D eigenvalue weighted by Crippen LogP contribution is -2.05. The highest BCUT2D eigenvalue weighted by Gasteiger charge is 2.06. The number of hydrogen-bond donors (Lipinski definition) is 1. The highest BCUT2D eigenvalue weighted by Crippen LogP contribution is 2.21. The number of nitrogens with zero attached hydrogens (tertiary/aromatic N) is 2. The van der Waals surface area contributed by atoms with Crippen LogP contribution in [0.1, 0.15) is 11.4 Å². The highest BCUT2D eigenvalue weighted by molar-refractivity contribution is 5.46. The molecule has 1 heterocycles.